The third-order valence-corrected chi connectivity index (χ3v) is 5.41. The topological polar surface area (TPSA) is 115 Å². The molecule has 2 aromatic rings. The average Bonchev–Trinajstić information content (AvgIpc) is 3.11. The fraction of sp³-hybridized carbons (Fsp3) is 0.360. The first-order valence-electron chi connectivity index (χ1n) is 10.9. The molecular weight excluding hydrogens is 442 g/mol. The van der Waals surface area contributed by atoms with Gasteiger partial charge in [-0.2, -0.15) is 0 Å². The smallest absolute Gasteiger partial charge is 0.295 e. The first-order valence-corrected chi connectivity index (χ1v) is 10.9. The summed E-state index contributed by atoms with van der Waals surface area (Å²) in [6, 6.07) is 10.8. The van der Waals surface area contributed by atoms with Crippen molar-refractivity contribution in [3.63, 3.8) is 0 Å². The number of carbonyl (C=O) groups is 2. The Labute approximate surface area is 198 Å². The van der Waals surface area contributed by atoms with Gasteiger partial charge in [0.2, 0.25) is 0 Å². The van der Waals surface area contributed by atoms with E-state index >= 15 is 0 Å². The number of aliphatic hydroxyl groups excluding tert-OH is 2. The highest BCUT2D eigenvalue weighted by atomic mass is 16.5. The Hall–Kier alpha value is -3.56. The molecule has 1 heterocycles. The minimum atomic E-state index is -0.871. The maximum absolute atomic E-state index is 13.1. The van der Waals surface area contributed by atoms with Crippen molar-refractivity contribution in [2.24, 2.45) is 0 Å². The molecule has 1 atom stereocenters. The summed E-state index contributed by atoms with van der Waals surface area (Å²) in [5.41, 5.74) is 0.901. The summed E-state index contributed by atoms with van der Waals surface area (Å²) in [5, 5.41) is 20.1. The van der Waals surface area contributed by atoms with Crippen LogP contribution in [-0.2, 0) is 14.3 Å². The lowest BCUT2D eigenvalue weighted by Gasteiger charge is -2.26. The molecule has 1 aliphatic heterocycles. The van der Waals surface area contributed by atoms with Crippen LogP contribution in [0, 0.1) is 0 Å². The van der Waals surface area contributed by atoms with E-state index in [0.717, 1.165) is 0 Å². The van der Waals surface area contributed by atoms with E-state index in [-0.39, 0.29) is 37.7 Å². The first-order chi connectivity index (χ1) is 16.5. The zero-order chi connectivity index (χ0) is 24.7. The van der Waals surface area contributed by atoms with E-state index in [0.29, 0.717) is 35.0 Å². The highest BCUT2D eigenvalue weighted by Gasteiger charge is 2.46. The minimum absolute atomic E-state index is 0.0384. The summed E-state index contributed by atoms with van der Waals surface area (Å²) in [4.78, 5) is 27.4. The fourth-order valence-corrected chi connectivity index (χ4v) is 3.84. The van der Waals surface area contributed by atoms with Crippen LogP contribution >= 0.6 is 0 Å². The van der Waals surface area contributed by atoms with Gasteiger partial charge in [-0.3, -0.25) is 9.59 Å². The predicted molar refractivity (Wildman–Crippen MR) is 124 cm³/mol. The number of methoxy groups -OCH3 is 2. The van der Waals surface area contributed by atoms with Crippen LogP contribution in [0.5, 0.6) is 17.2 Å². The maximum atomic E-state index is 13.1. The van der Waals surface area contributed by atoms with Crippen LogP contribution in [0.3, 0.4) is 0 Å². The molecule has 1 amide bonds. The molecule has 0 aliphatic carbocycles. The summed E-state index contributed by atoms with van der Waals surface area (Å²) >= 11 is 0. The molecule has 9 heteroatoms. The van der Waals surface area contributed by atoms with E-state index in [4.69, 9.17) is 24.1 Å². The molecule has 3 rings (SSSR count). The van der Waals surface area contributed by atoms with E-state index in [1.54, 1.807) is 42.5 Å². The fourth-order valence-electron chi connectivity index (χ4n) is 3.84. The van der Waals surface area contributed by atoms with Crippen molar-refractivity contribution in [3.05, 3.63) is 59.2 Å². The number of likely N-dealkylation sites (tertiary alicyclic amines) is 1. The SMILES string of the molecule is CCOc1ccc(/C(O)=C2\C(=O)C(=O)N(CCOCCO)[C@@H]2c2ccc(OC)c(OC)c2)cc1. The van der Waals surface area contributed by atoms with Gasteiger partial charge in [-0.25, -0.2) is 0 Å². The van der Waals surface area contributed by atoms with Crippen molar-refractivity contribution in [2.45, 2.75) is 13.0 Å². The number of Topliss-reactive ketones (excluding diaryl/α,β-unsaturated/α-hetero) is 1. The summed E-state index contributed by atoms with van der Waals surface area (Å²) in [5.74, 6) is -0.311. The number of aliphatic hydroxyl groups is 2. The van der Waals surface area contributed by atoms with Crippen molar-refractivity contribution in [2.75, 3.05) is 47.2 Å². The van der Waals surface area contributed by atoms with Gasteiger partial charge in [0, 0.05) is 12.1 Å². The van der Waals surface area contributed by atoms with Gasteiger partial charge in [0.05, 0.1) is 52.3 Å². The normalized spacial score (nSPS) is 17.2. The molecule has 1 saturated heterocycles. The molecule has 34 heavy (non-hydrogen) atoms. The van der Waals surface area contributed by atoms with Gasteiger partial charge in [-0.1, -0.05) is 6.07 Å². The van der Waals surface area contributed by atoms with E-state index in [2.05, 4.69) is 0 Å². The Morgan fingerprint density at radius 2 is 1.71 bits per heavy atom. The van der Waals surface area contributed by atoms with Gasteiger partial charge in [0.25, 0.3) is 11.7 Å². The number of hydrogen-bond donors (Lipinski definition) is 2. The summed E-state index contributed by atoms with van der Waals surface area (Å²) < 4.78 is 21.5. The van der Waals surface area contributed by atoms with Crippen LogP contribution in [0.15, 0.2) is 48.0 Å². The molecule has 0 unspecified atom stereocenters. The third-order valence-electron chi connectivity index (χ3n) is 5.41. The van der Waals surface area contributed by atoms with Gasteiger partial charge in [0.1, 0.15) is 11.5 Å². The highest BCUT2D eigenvalue weighted by Crippen LogP contribution is 2.41. The van der Waals surface area contributed by atoms with E-state index in [9.17, 15) is 14.7 Å². The number of carbonyl (C=O) groups excluding carboxylic acids is 2. The quantitative estimate of drug-likeness (QED) is 0.222. The molecule has 0 radical (unpaired) electrons. The lowest BCUT2D eigenvalue weighted by atomic mass is 9.95. The second-order valence-corrected chi connectivity index (χ2v) is 7.40. The van der Waals surface area contributed by atoms with E-state index in [1.165, 1.54) is 19.1 Å². The third kappa shape index (κ3) is 5.16. The average molecular weight is 472 g/mol. The van der Waals surface area contributed by atoms with Gasteiger partial charge < -0.3 is 34.1 Å². The summed E-state index contributed by atoms with van der Waals surface area (Å²) in [6.07, 6.45) is 0. The number of ether oxygens (including phenoxy) is 4. The second-order valence-electron chi connectivity index (χ2n) is 7.40. The molecule has 0 saturated carbocycles. The number of hydrogen-bond acceptors (Lipinski definition) is 8. The summed E-state index contributed by atoms with van der Waals surface area (Å²) in [7, 11) is 3.00. The van der Waals surface area contributed by atoms with Crippen molar-refractivity contribution in [3.8, 4) is 17.2 Å². The molecular formula is C25H29NO8. The van der Waals surface area contributed by atoms with Crippen LogP contribution in [0.4, 0.5) is 0 Å². The van der Waals surface area contributed by atoms with Gasteiger partial charge in [-0.05, 0) is 48.9 Å². The number of rotatable bonds is 11. The van der Waals surface area contributed by atoms with Crippen molar-refractivity contribution < 1.29 is 38.7 Å². The van der Waals surface area contributed by atoms with Crippen molar-refractivity contribution in [1.82, 2.24) is 4.90 Å². The molecule has 182 valence electrons. The molecule has 2 N–H and O–H groups in total. The van der Waals surface area contributed by atoms with Gasteiger partial charge in [0.15, 0.2) is 11.5 Å². The number of ketones is 1. The molecule has 1 fully saturated rings. The van der Waals surface area contributed by atoms with Gasteiger partial charge in [-0.15, -0.1) is 0 Å². The van der Waals surface area contributed by atoms with Crippen LogP contribution in [-0.4, -0.2) is 74.0 Å². The van der Waals surface area contributed by atoms with Gasteiger partial charge >= 0.3 is 0 Å². The van der Waals surface area contributed by atoms with Crippen LogP contribution < -0.4 is 14.2 Å². The Kier molecular flexibility index (Phi) is 8.50. The van der Waals surface area contributed by atoms with Crippen LogP contribution in [0.1, 0.15) is 24.1 Å². The van der Waals surface area contributed by atoms with E-state index < -0.39 is 17.7 Å². The Balaban J connectivity index is 2.09. The van der Waals surface area contributed by atoms with Crippen LogP contribution in [0.25, 0.3) is 5.76 Å². The Morgan fingerprint density at radius 3 is 2.32 bits per heavy atom. The zero-order valence-corrected chi connectivity index (χ0v) is 19.4. The maximum Gasteiger partial charge on any atom is 0.295 e. The number of nitrogens with zero attached hydrogens (tertiary/aromatic N) is 1. The molecule has 0 aromatic heterocycles. The molecule has 9 nitrogen and oxygen atoms in total. The number of amides is 1. The van der Waals surface area contributed by atoms with Crippen LogP contribution in [0.2, 0.25) is 0 Å². The molecule has 0 bridgehead atoms. The Morgan fingerprint density at radius 1 is 1.00 bits per heavy atom. The number of benzene rings is 2. The molecule has 1 aliphatic rings. The second kappa shape index (κ2) is 11.5. The Bertz CT molecular complexity index is 1050. The zero-order valence-electron chi connectivity index (χ0n) is 19.4. The largest absolute Gasteiger partial charge is 0.507 e. The summed E-state index contributed by atoms with van der Waals surface area (Å²) in [6.45, 7) is 2.51. The molecule has 2 aromatic carbocycles. The lowest BCUT2D eigenvalue weighted by molar-refractivity contribution is -0.140. The lowest BCUT2D eigenvalue weighted by Crippen LogP contribution is -2.33. The van der Waals surface area contributed by atoms with Crippen molar-refractivity contribution in [1.29, 1.82) is 0 Å². The minimum Gasteiger partial charge on any atom is -0.507 e. The predicted octanol–water partition coefficient (Wildman–Crippen LogP) is 2.53. The monoisotopic (exact) mass is 471 g/mol. The highest BCUT2D eigenvalue weighted by molar-refractivity contribution is 6.46. The standard InChI is InChI=1S/C25H29NO8/c1-4-34-18-8-5-16(6-9-18)23(28)21-22(17-7-10-19(31-2)20(15-17)32-3)26(25(30)24(21)29)11-13-33-14-12-27/h5-10,15,22,27-28H,4,11-14H2,1-3H3/b23-21+/t22-/m1/s1. The molecule has 0 spiro atoms. The van der Waals surface area contributed by atoms with E-state index in [1.807, 2.05) is 6.92 Å². The first kappa shape index (κ1) is 25.1. The van der Waals surface area contributed by atoms with Crippen molar-refractivity contribution >= 4 is 17.4 Å².